The fourth-order valence-corrected chi connectivity index (χ4v) is 2.67. The zero-order chi connectivity index (χ0) is 22.5. The van der Waals surface area contributed by atoms with E-state index in [0.717, 1.165) is 0 Å². The summed E-state index contributed by atoms with van der Waals surface area (Å²) in [4.78, 5) is -0.224. The first-order valence-corrected chi connectivity index (χ1v) is 6.99. The fraction of sp³-hybridized carbons (Fsp3) is 0.692. The molecule has 0 spiro atoms. The molecule has 0 saturated heterocycles. The van der Waals surface area contributed by atoms with Crippen LogP contribution in [-0.4, -0.2) is 62.3 Å². The van der Waals surface area contributed by atoms with Crippen LogP contribution >= 0.6 is 0 Å². The van der Waals surface area contributed by atoms with Gasteiger partial charge in [-0.05, 0) is 27.2 Å². The summed E-state index contributed by atoms with van der Waals surface area (Å²) in [6.45, 7) is 0. The van der Waals surface area contributed by atoms with Crippen LogP contribution in [-0.2, 0) is 4.74 Å². The van der Waals surface area contributed by atoms with Crippen LogP contribution in [0.4, 0.5) is 52.7 Å². The molecule has 0 aromatic heterocycles. The monoisotopic (exact) mass is 440 g/mol. The third-order valence-electron chi connectivity index (χ3n) is 3.79. The van der Waals surface area contributed by atoms with Gasteiger partial charge in [-0.15, -0.1) is 0 Å². The molecule has 1 N–H and O–H groups in total. The number of nitrogens with zero attached hydrogens (tertiary/aromatic N) is 1. The van der Waals surface area contributed by atoms with Crippen molar-refractivity contribution in [2.45, 2.75) is 36.3 Å². The SMILES string of the molecule is CNC(C1=C(C(F)(F)F)OC(C(F)(F)F)=CC1(N(C)C)C(F)(F)F)C(F)(F)F. The molecule has 3 nitrogen and oxygen atoms in total. The van der Waals surface area contributed by atoms with Gasteiger partial charge in [0.15, 0.2) is 5.54 Å². The summed E-state index contributed by atoms with van der Waals surface area (Å²) in [5.74, 6) is -5.79. The van der Waals surface area contributed by atoms with Crippen LogP contribution in [0.3, 0.4) is 0 Å². The van der Waals surface area contributed by atoms with Crippen LogP contribution < -0.4 is 5.32 Å². The largest absolute Gasteiger partial charge is 0.449 e. The van der Waals surface area contributed by atoms with Crippen molar-refractivity contribution in [1.29, 1.82) is 0 Å². The van der Waals surface area contributed by atoms with E-state index in [9.17, 15) is 52.7 Å². The Morgan fingerprint density at radius 3 is 1.61 bits per heavy atom. The number of hydrogen-bond donors (Lipinski definition) is 1. The Hall–Kier alpha value is -1.64. The first-order valence-electron chi connectivity index (χ1n) is 6.99. The van der Waals surface area contributed by atoms with Crippen LogP contribution in [0.1, 0.15) is 0 Å². The van der Waals surface area contributed by atoms with Gasteiger partial charge >= 0.3 is 24.7 Å². The molecule has 1 heterocycles. The molecule has 0 aliphatic carbocycles. The van der Waals surface area contributed by atoms with Crippen molar-refractivity contribution >= 4 is 0 Å². The predicted molar refractivity (Wildman–Crippen MR) is 69.7 cm³/mol. The Morgan fingerprint density at radius 2 is 1.36 bits per heavy atom. The molecule has 0 amide bonds. The van der Waals surface area contributed by atoms with E-state index < -0.39 is 59.5 Å². The molecule has 2 atom stereocenters. The van der Waals surface area contributed by atoms with E-state index in [1.807, 2.05) is 0 Å². The topological polar surface area (TPSA) is 24.5 Å². The molecule has 0 radical (unpaired) electrons. The highest BCUT2D eigenvalue weighted by Gasteiger charge is 2.68. The molecule has 28 heavy (non-hydrogen) atoms. The van der Waals surface area contributed by atoms with Gasteiger partial charge in [-0.25, -0.2) is 0 Å². The minimum absolute atomic E-state index is 0.224. The van der Waals surface area contributed by atoms with E-state index in [1.54, 1.807) is 0 Å². The second-order valence-corrected chi connectivity index (χ2v) is 5.77. The van der Waals surface area contributed by atoms with Crippen molar-refractivity contribution < 1.29 is 57.4 Å². The lowest BCUT2D eigenvalue weighted by atomic mass is 9.79. The number of allylic oxidation sites excluding steroid dienone is 2. The number of nitrogens with one attached hydrogen (secondary N) is 1. The zero-order valence-electron chi connectivity index (χ0n) is 14.0. The first kappa shape index (κ1) is 24.4. The maximum Gasteiger partial charge on any atom is 0.449 e. The first-order chi connectivity index (χ1) is 12.2. The van der Waals surface area contributed by atoms with E-state index >= 15 is 0 Å². The normalized spacial score (nSPS) is 23.6. The second-order valence-electron chi connectivity index (χ2n) is 5.77. The molecule has 0 bridgehead atoms. The quantitative estimate of drug-likeness (QED) is 0.663. The zero-order valence-corrected chi connectivity index (χ0v) is 14.0. The van der Waals surface area contributed by atoms with Crippen molar-refractivity contribution in [3.8, 4) is 0 Å². The average molecular weight is 440 g/mol. The number of hydrogen-bond acceptors (Lipinski definition) is 3. The van der Waals surface area contributed by atoms with Gasteiger partial charge in [0.25, 0.3) is 0 Å². The van der Waals surface area contributed by atoms with Crippen molar-refractivity contribution in [1.82, 2.24) is 10.2 Å². The summed E-state index contributed by atoms with van der Waals surface area (Å²) < 4.78 is 163. The smallest absolute Gasteiger partial charge is 0.447 e. The maximum absolute atomic E-state index is 13.8. The van der Waals surface area contributed by atoms with Crippen LogP contribution in [0.25, 0.3) is 0 Å². The summed E-state index contributed by atoms with van der Waals surface area (Å²) in [6, 6.07) is -3.63. The van der Waals surface area contributed by atoms with Crippen molar-refractivity contribution in [2.24, 2.45) is 0 Å². The standard InChI is InChI=1S/C13H12F12N2O/c1-26-7(11(17,18)19)6-8(12(20,21)22)28-5(10(14,15)16)4-9(6,27(2)3)13(23,24)25/h4,7,26H,1-3H3. The Bertz CT molecular complexity index is 652. The lowest BCUT2D eigenvalue weighted by Gasteiger charge is -2.46. The number of likely N-dealkylation sites (N-methyl/N-ethyl adjacent to an activating group) is 2. The molecule has 0 fully saturated rings. The number of ether oxygens (including phenoxy) is 1. The van der Waals surface area contributed by atoms with Crippen molar-refractivity contribution in [3.05, 3.63) is 23.2 Å². The summed E-state index contributed by atoms with van der Waals surface area (Å²) in [7, 11) is 1.18. The summed E-state index contributed by atoms with van der Waals surface area (Å²) in [5, 5.41) is 1.25. The predicted octanol–water partition coefficient (Wildman–Crippen LogP) is 4.29. The molecule has 15 heteroatoms. The van der Waals surface area contributed by atoms with Gasteiger partial charge in [-0.2, -0.15) is 52.7 Å². The van der Waals surface area contributed by atoms with Gasteiger partial charge in [-0.1, -0.05) is 0 Å². The molecule has 1 rings (SSSR count). The van der Waals surface area contributed by atoms with E-state index in [1.165, 1.54) is 5.32 Å². The van der Waals surface area contributed by atoms with E-state index in [4.69, 9.17) is 0 Å². The van der Waals surface area contributed by atoms with Crippen LogP contribution in [0, 0.1) is 0 Å². The molecule has 0 aromatic carbocycles. The maximum atomic E-state index is 13.8. The van der Waals surface area contributed by atoms with Gasteiger partial charge in [0.2, 0.25) is 11.5 Å². The number of alkyl halides is 12. The molecule has 2 unspecified atom stereocenters. The molecule has 1 aliphatic heterocycles. The minimum Gasteiger partial charge on any atom is -0.447 e. The van der Waals surface area contributed by atoms with Gasteiger partial charge < -0.3 is 10.1 Å². The molecule has 1 aliphatic rings. The summed E-state index contributed by atoms with van der Waals surface area (Å²) >= 11 is 0. The Kier molecular flexibility index (Phi) is 6.10. The lowest BCUT2D eigenvalue weighted by molar-refractivity contribution is -0.218. The highest BCUT2D eigenvalue weighted by atomic mass is 19.4. The Balaban J connectivity index is 4.16. The van der Waals surface area contributed by atoms with Gasteiger partial charge in [0, 0.05) is 5.57 Å². The van der Waals surface area contributed by atoms with Crippen molar-refractivity contribution in [3.63, 3.8) is 0 Å². The molecular formula is C13H12F12N2O. The summed E-state index contributed by atoms with van der Waals surface area (Å²) in [5.41, 5.74) is -6.94. The minimum atomic E-state index is -6.10. The van der Waals surface area contributed by atoms with E-state index in [0.29, 0.717) is 21.1 Å². The van der Waals surface area contributed by atoms with Crippen LogP contribution in [0.5, 0.6) is 0 Å². The highest BCUT2D eigenvalue weighted by molar-refractivity contribution is 5.45. The third-order valence-corrected chi connectivity index (χ3v) is 3.79. The molecule has 164 valence electrons. The highest BCUT2D eigenvalue weighted by Crippen LogP contribution is 2.53. The second kappa shape index (κ2) is 7.00. The molecule has 0 aromatic rings. The van der Waals surface area contributed by atoms with Crippen molar-refractivity contribution in [2.75, 3.05) is 21.1 Å². The van der Waals surface area contributed by atoms with Gasteiger partial charge in [0.05, 0.1) is 0 Å². The Morgan fingerprint density at radius 1 is 0.893 bits per heavy atom. The van der Waals surface area contributed by atoms with E-state index in [-0.39, 0.29) is 4.90 Å². The average Bonchev–Trinajstić information content (AvgIpc) is 2.42. The number of rotatable bonds is 3. The third kappa shape index (κ3) is 4.18. The number of halogens is 12. The molecular weight excluding hydrogens is 428 g/mol. The van der Waals surface area contributed by atoms with Crippen LogP contribution in [0.2, 0.25) is 0 Å². The van der Waals surface area contributed by atoms with E-state index in [2.05, 4.69) is 4.74 Å². The van der Waals surface area contributed by atoms with Gasteiger partial charge in [-0.3, -0.25) is 4.90 Å². The van der Waals surface area contributed by atoms with Crippen LogP contribution in [0.15, 0.2) is 23.2 Å². The summed E-state index contributed by atoms with van der Waals surface area (Å²) in [6.07, 6.45) is -24.6. The molecule has 0 saturated carbocycles. The van der Waals surface area contributed by atoms with Gasteiger partial charge in [0.1, 0.15) is 6.04 Å². The Labute approximate surface area is 149 Å². The lowest BCUT2D eigenvalue weighted by Crippen LogP contribution is -2.64. The fourth-order valence-electron chi connectivity index (χ4n) is 2.67.